The number of pyridine rings is 1. The van der Waals surface area contributed by atoms with Crippen LogP contribution in [0.4, 0.5) is 11.6 Å². The molecule has 2 aromatic heterocycles. The molecule has 0 fully saturated rings. The molecule has 0 radical (unpaired) electrons. The van der Waals surface area contributed by atoms with Gasteiger partial charge in [0.25, 0.3) is 0 Å². The van der Waals surface area contributed by atoms with Crippen molar-refractivity contribution >= 4 is 23.6 Å². The number of carbonyl (C=O) groups is 2. The Labute approximate surface area is 132 Å². The Morgan fingerprint density at radius 3 is 2.61 bits per heavy atom. The lowest BCUT2D eigenvalue weighted by molar-refractivity contribution is 0.0516. The molecular weight excluding hydrogens is 300 g/mol. The Kier molecular flexibility index (Phi) is 5.56. The van der Waals surface area contributed by atoms with Gasteiger partial charge in [-0.3, -0.25) is 0 Å². The van der Waals surface area contributed by atoms with Gasteiger partial charge in [0, 0.05) is 12.4 Å². The zero-order valence-electron chi connectivity index (χ0n) is 12.8. The Balaban J connectivity index is 2.24. The highest BCUT2D eigenvalue weighted by Gasteiger charge is 2.15. The second-order valence-electron chi connectivity index (χ2n) is 4.28. The fraction of sp³-hybridized carbons (Fsp3) is 0.267. The van der Waals surface area contributed by atoms with Gasteiger partial charge < -0.3 is 14.8 Å². The molecule has 8 nitrogen and oxygen atoms in total. The van der Waals surface area contributed by atoms with E-state index < -0.39 is 11.9 Å². The Morgan fingerprint density at radius 2 is 1.87 bits per heavy atom. The van der Waals surface area contributed by atoms with Crippen LogP contribution in [0.1, 0.15) is 34.6 Å². The van der Waals surface area contributed by atoms with Crippen LogP contribution >= 0.6 is 0 Å². The minimum absolute atomic E-state index is 0.178. The molecule has 0 saturated heterocycles. The topological polar surface area (TPSA) is 103 Å². The number of hydrogen-bond donors (Lipinski definition) is 1. The van der Waals surface area contributed by atoms with Crippen molar-refractivity contribution in [1.82, 2.24) is 15.0 Å². The molecule has 0 aromatic carbocycles. The summed E-state index contributed by atoms with van der Waals surface area (Å²) in [5, 5.41) is 2.88. The SMILES string of the molecule is CCOC(=O)c1ccnc(Nc2ncncc2C(=O)OCC)c1. The fourth-order valence-corrected chi connectivity index (χ4v) is 1.75. The van der Waals surface area contributed by atoms with Gasteiger partial charge in [-0.25, -0.2) is 24.5 Å². The molecule has 0 unspecified atom stereocenters. The molecule has 0 saturated carbocycles. The molecule has 0 spiro atoms. The maximum Gasteiger partial charge on any atom is 0.343 e. The van der Waals surface area contributed by atoms with Crippen molar-refractivity contribution in [2.24, 2.45) is 0 Å². The first-order chi connectivity index (χ1) is 11.2. The average Bonchev–Trinajstić information content (AvgIpc) is 2.56. The maximum absolute atomic E-state index is 11.9. The highest BCUT2D eigenvalue weighted by molar-refractivity contribution is 5.95. The standard InChI is InChI=1S/C15H16N4O4/c1-3-22-14(20)10-5-6-17-12(7-10)19-13-11(8-16-9-18-13)15(21)23-4-2/h5-9H,3-4H2,1-2H3,(H,16,17,18,19). The number of ether oxygens (including phenoxy) is 2. The van der Waals surface area contributed by atoms with Crippen LogP contribution in [-0.2, 0) is 9.47 Å². The fourth-order valence-electron chi connectivity index (χ4n) is 1.75. The van der Waals surface area contributed by atoms with Crippen molar-refractivity contribution in [1.29, 1.82) is 0 Å². The van der Waals surface area contributed by atoms with Gasteiger partial charge in [0.1, 0.15) is 23.5 Å². The minimum Gasteiger partial charge on any atom is -0.462 e. The lowest BCUT2D eigenvalue weighted by Crippen LogP contribution is -2.11. The van der Waals surface area contributed by atoms with Gasteiger partial charge in [-0.2, -0.15) is 0 Å². The molecule has 0 aliphatic rings. The lowest BCUT2D eigenvalue weighted by atomic mass is 10.2. The molecule has 0 bridgehead atoms. The second-order valence-corrected chi connectivity index (χ2v) is 4.28. The van der Waals surface area contributed by atoms with E-state index in [2.05, 4.69) is 20.3 Å². The van der Waals surface area contributed by atoms with Crippen LogP contribution in [0.25, 0.3) is 0 Å². The first-order valence-corrected chi connectivity index (χ1v) is 7.03. The van der Waals surface area contributed by atoms with Gasteiger partial charge in [-0.1, -0.05) is 0 Å². The number of nitrogens with one attached hydrogen (secondary N) is 1. The van der Waals surface area contributed by atoms with Crippen LogP contribution in [0.2, 0.25) is 0 Å². The van der Waals surface area contributed by atoms with Crippen molar-refractivity contribution in [3.8, 4) is 0 Å². The third-order valence-electron chi connectivity index (χ3n) is 2.73. The molecule has 2 rings (SSSR count). The lowest BCUT2D eigenvalue weighted by Gasteiger charge is -2.09. The number of anilines is 2. The predicted octanol–water partition coefficient (Wildman–Crippen LogP) is 1.97. The number of aromatic nitrogens is 3. The summed E-state index contributed by atoms with van der Waals surface area (Å²) in [5.41, 5.74) is 0.522. The number of hydrogen-bond acceptors (Lipinski definition) is 8. The third-order valence-corrected chi connectivity index (χ3v) is 2.73. The van der Waals surface area contributed by atoms with Crippen molar-refractivity contribution in [2.45, 2.75) is 13.8 Å². The Bertz CT molecular complexity index is 705. The van der Waals surface area contributed by atoms with Crippen LogP contribution in [0.15, 0.2) is 30.9 Å². The van der Waals surface area contributed by atoms with E-state index in [-0.39, 0.29) is 24.6 Å². The maximum atomic E-state index is 11.9. The first-order valence-electron chi connectivity index (χ1n) is 7.03. The van der Waals surface area contributed by atoms with E-state index >= 15 is 0 Å². The van der Waals surface area contributed by atoms with Crippen LogP contribution in [-0.4, -0.2) is 40.1 Å². The summed E-state index contributed by atoms with van der Waals surface area (Å²) in [6.45, 7) is 3.95. The monoisotopic (exact) mass is 316 g/mol. The van der Waals surface area contributed by atoms with Crippen LogP contribution in [0.5, 0.6) is 0 Å². The van der Waals surface area contributed by atoms with Gasteiger partial charge in [-0.05, 0) is 26.0 Å². The number of esters is 2. The minimum atomic E-state index is -0.544. The summed E-state index contributed by atoms with van der Waals surface area (Å²) in [7, 11) is 0. The highest BCUT2D eigenvalue weighted by Crippen LogP contribution is 2.18. The van der Waals surface area contributed by atoms with Crippen molar-refractivity contribution in [2.75, 3.05) is 18.5 Å². The molecule has 1 N–H and O–H groups in total. The second kappa shape index (κ2) is 7.83. The van der Waals surface area contributed by atoms with Crippen LogP contribution in [0.3, 0.4) is 0 Å². The summed E-state index contributed by atoms with van der Waals surface area (Å²) < 4.78 is 9.88. The van der Waals surface area contributed by atoms with E-state index in [1.165, 1.54) is 30.9 Å². The molecular formula is C15H16N4O4. The van der Waals surface area contributed by atoms with Gasteiger partial charge in [0.2, 0.25) is 0 Å². The predicted molar refractivity (Wildman–Crippen MR) is 81.5 cm³/mol. The van der Waals surface area contributed by atoms with E-state index in [1.807, 2.05) is 0 Å². The Morgan fingerprint density at radius 1 is 1.13 bits per heavy atom. The summed E-state index contributed by atoms with van der Waals surface area (Å²) in [4.78, 5) is 35.5. The van der Waals surface area contributed by atoms with Crippen molar-refractivity contribution < 1.29 is 19.1 Å². The molecule has 0 aliphatic heterocycles. The zero-order chi connectivity index (χ0) is 16.7. The summed E-state index contributed by atoms with van der Waals surface area (Å²) >= 11 is 0. The van der Waals surface area contributed by atoms with Gasteiger partial charge in [0.05, 0.1) is 18.8 Å². The average molecular weight is 316 g/mol. The number of rotatable bonds is 6. The molecule has 0 amide bonds. The summed E-state index contributed by atoms with van der Waals surface area (Å²) in [6, 6.07) is 3.05. The molecule has 0 aliphatic carbocycles. The molecule has 120 valence electrons. The van der Waals surface area contributed by atoms with Crippen LogP contribution < -0.4 is 5.32 Å². The number of nitrogens with zero attached hydrogens (tertiary/aromatic N) is 3. The van der Waals surface area contributed by atoms with E-state index in [1.54, 1.807) is 13.8 Å². The smallest absolute Gasteiger partial charge is 0.343 e. The van der Waals surface area contributed by atoms with E-state index in [0.29, 0.717) is 11.4 Å². The quantitative estimate of drug-likeness (QED) is 0.807. The van der Waals surface area contributed by atoms with E-state index in [0.717, 1.165) is 0 Å². The summed E-state index contributed by atoms with van der Waals surface area (Å²) in [5.74, 6) is -0.407. The molecule has 8 heteroatoms. The van der Waals surface area contributed by atoms with Crippen LogP contribution in [0, 0.1) is 0 Å². The molecule has 23 heavy (non-hydrogen) atoms. The van der Waals surface area contributed by atoms with E-state index in [4.69, 9.17) is 9.47 Å². The highest BCUT2D eigenvalue weighted by atomic mass is 16.5. The van der Waals surface area contributed by atoms with Crippen molar-refractivity contribution in [3.63, 3.8) is 0 Å². The van der Waals surface area contributed by atoms with Gasteiger partial charge in [-0.15, -0.1) is 0 Å². The first kappa shape index (κ1) is 16.3. The van der Waals surface area contributed by atoms with Gasteiger partial charge >= 0.3 is 11.9 Å². The Hall–Kier alpha value is -3.03. The number of carbonyl (C=O) groups excluding carboxylic acids is 2. The van der Waals surface area contributed by atoms with Gasteiger partial charge in [0.15, 0.2) is 0 Å². The largest absolute Gasteiger partial charge is 0.462 e. The zero-order valence-corrected chi connectivity index (χ0v) is 12.8. The molecule has 0 atom stereocenters. The molecule has 2 heterocycles. The third kappa shape index (κ3) is 4.22. The van der Waals surface area contributed by atoms with E-state index in [9.17, 15) is 9.59 Å². The summed E-state index contributed by atoms with van der Waals surface area (Å²) in [6.07, 6.45) is 4.10. The molecule has 2 aromatic rings. The van der Waals surface area contributed by atoms with Crippen molar-refractivity contribution in [3.05, 3.63) is 42.0 Å². The normalized spacial score (nSPS) is 10.0.